The zero-order valence-electron chi connectivity index (χ0n) is 14.3. The van der Waals surface area contributed by atoms with E-state index in [0.717, 1.165) is 55.8 Å². The Morgan fingerprint density at radius 3 is 2.64 bits per heavy atom. The molecule has 0 aromatic carbocycles. The molecule has 4 aliphatic rings. The van der Waals surface area contributed by atoms with E-state index in [4.69, 9.17) is 0 Å². The Balaban J connectivity index is 1.59. The van der Waals surface area contributed by atoms with Gasteiger partial charge in [-0.3, -0.25) is 4.79 Å². The number of carbonyl (C=O) groups excluding carboxylic acids is 1. The zero-order valence-corrected chi connectivity index (χ0v) is 14.3. The van der Waals surface area contributed by atoms with Crippen molar-refractivity contribution in [1.82, 2.24) is 0 Å². The Kier molecular flexibility index (Phi) is 3.49. The van der Waals surface area contributed by atoms with E-state index in [2.05, 4.69) is 13.8 Å². The first-order chi connectivity index (χ1) is 10.5. The van der Waals surface area contributed by atoms with Crippen molar-refractivity contribution in [3.05, 3.63) is 0 Å². The lowest BCUT2D eigenvalue weighted by molar-refractivity contribution is -0.138. The van der Waals surface area contributed by atoms with E-state index in [9.17, 15) is 9.90 Å². The van der Waals surface area contributed by atoms with Crippen LogP contribution in [0.3, 0.4) is 0 Å². The molecule has 0 amide bonds. The molecule has 0 heterocycles. The van der Waals surface area contributed by atoms with Crippen molar-refractivity contribution < 1.29 is 9.90 Å². The van der Waals surface area contributed by atoms with E-state index in [1.165, 1.54) is 32.1 Å². The van der Waals surface area contributed by atoms with Crippen LogP contribution in [0.4, 0.5) is 0 Å². The first-order valence-corrected chi connectivity index (χ1v) is 9.72. The van der Waals surface area contributed by atoms with Crippen molar-refractivity contribution in [2.45, 2.75) is 83.7 Å². The molecule has 22 heavy (non-hydrogen) atoms. The summed E-state index contributed by atoms with van der Waals surface area (Å²) in [4.78, 5) is 11.8. The van der Waals surface area contributed by atoms with Gasteiger partial charge in [-0.1, -0.05) is 13.8 Å². The first-order valence-electron chi connectivity index (χ1n) is 9.72. The molecule has 0 radical (unpaired) electrons. The number of hydrogen-bond donors (Lipinski definition) is 1. The number of carbonyl (C=O) groups is 1. The summed E-state index contributed by atoms with van der Waals surface area (Å²) in [6.45, 7) is 4.56. The Bertz CT molecular complexity index is 472. The summed E-state index contributed by atoms with van der Waals surface area (Å²) in [5, 5.41) is 11.2. The third kappa shape index (κ3) is 1.92. The number of ketones is 1. The maximum absolute atomic E-state index is 11.8. The molecule has 0 saturated heterocycles. The fraction of sp³-hybridized carbons (Fsp3) is 0.950. The molecule has 4 aliphatic carbocycles. The van der Waals surface area contributed by atoms with Crippen molar-refractivity contribution >= 4 is 5.78 Å². The molecule has 124 valence electrons. The highest BCUT2D eigenvalue weighted by Gasteiger charge is 2.61. The number of rotatable bonds is 1. The third-order valence-corrected chi connectivity index (χ3v) is 8.67. The van der Waals surface area contributed by atoms with Crippen molar-refractivity contribution in [2.75, 3.05) is 0 Å². The Hall–Kier alpha value is -0.370. The molecular formula is C20H32O2. The van der Waals surface area contributed by atoms with Gasteiger partial charge in [0.25, 0.3) is 0 Å². The van der Waals surface area contributed by atoms with Crippen LogP contribution in [0.2, 0.25) is 0 Å². The van der Waals surface area contributed by atoms with Gasteiger partial charge in [-0.05, 0) is 86.4 Å². The SMILES string of the molecule is CC[C@]1(O)CCC2C3CC[C@@H]4CC(=O)CCC4C3CCC21C. The molecule has 1 N–H and O–H groups in total. The maximum atomic E-state index is 11.8. The predicted octanol–water partition coefficient (Wildman–Crippen LogP) is 4.35. The molecule has 2 nitrogen and oxygen atoms in total. The van der Waals surface area contributed by atoms with Crippen LogP contribution < -0.4 is 0 Å². The lowest BCUT2D eigenvalue weighted by Crippen LogP contribution is -2.53. The van der Waals surface area contributed by atoms with Gasteiger partial charge in [0.15, 0.2) is 0 Å². The molecule has 0 bridgehead atoms. The molecule has 0 aromatic rings. The molecule has 4 fully saturated rings. The van der Waals surface area contributed by atoms with Crippen LogP contribution in [0.15, 0.2) is 0 Å². The summed E-state index contributed by atoms with van der Waals surface area (Å²) in [6.07, 6.45) is 11.1. The second kappa shape index (κ2) is 5.06. The van der Waals surface area contributed by atoms with Crippen LogP contribution in [0.5, 0.6) is 0 Å². The van der Waals surface area contributed by atoms with Crippen molar-refractivity contribution in [3.63, 3.8) is 0 Å². The van der Waals surface area contributed by atoms with Gasteiger partial charge in [-0.15, -0.1) is 0 Å². The van der Waals surface area contributed by atoms with E-state index >= 15 is 0 Å². The molecular weight excluding hydrogens is 272 g/mol. The third-order valence-electron chi connectivity index (χ3n) is 8.67. The van der Waals surface area contributed by atoms with E-state index in [-0.39, 0.29) is 5.41 Å². The van der Waals surface area contributed by atoms with Crippen LogP contribution in [-0.2, 0) is 4.79 Å². The molecule has 4 rings (SSSR count). The molecule has 0 aromatic heterocycles. The van der Waals surface area contributed by atoms with Gasteiger partial charge in [0.1, 0.15) is 5.78 Å². The van der Waals surface area contributed by atoms with Gasteiger partial charge in [-0.25, -0.2) is 0 Å². The smallest absolute Gasteiger partial charge is 0.133 e. The number of fused-ring (bicyclic) bond motifs is 5. The molecule has 2 heteroatoms. The minimum absolute atomic E-state index is 0.153. The van der Waals surface area contributed by atoms with Crippen LogP contribution in [-0.4, -0.2) is 16.5 Å². The minimum atomic E-state index is -0.415. The quantitative estimate of drug-likeness (QED) is 0.782. The molecule has 0 spiro atoms. The predicted molar refractivity (Wildman–Crippen MR) is 87.4 cm³/mol. The Labute approximate surface area is 135 Å². The summed E-state index contributed by atoms with van der Waals surface area (Å²) >= 11 is 0. The van der Waals surface area contributed by atoms with E-state index in [0.29, 0.717) is 11.7 Å². The van der Waals surface area contributed by atoms with Crippen LogP contribution in [0.1, 0.15) is 78.1 Å². The number of Topliss-reactive ketones (excluding diaryl/α,β-unsaturated/α-hetero) is 1. The van der Waals surface area contributed by atoms with E-state index in [1.807, 2.05) is 0 Å². The van der Waals surface area contributed by atoms with Gasteiger partial charge >= 0.3 is 0 Å². The molecule has 4 saturated carbocycles. The number of hydrogen-bond acceptors (Lipinski definition) is 2. The standard InChI is InChI=1S/C20H32O2/c1-3-20(22)11-9-18-17-6-4-13-12-14(21)5-7-15(13)16(17)8-10-19(18,20)2/h13,15-18,22H,3-12H2,1-2H3/t13-,15?,16?,17?,18?,19?,20+/m1/s1. The van der Waals surface area contributed by atoms with Crippen molar-refractivity contribution in [3.8, 4) is 0 Å². The molecule has 5 unspecified atom stereocenters. The zero-order chi connectivity index (χ0) is 15.5. The fourth-order valence-electron chi connectivity index (χ4n) is 7.35. The minimum Gasteiger partial charge on any atom is -0.389 e. The highest BCUT2D eigenvalue weighted by Crippen LogP contribution is 2.65. The summed E-state index contributed by atoms with van der Waals surface area (Å²) in [7, 11) is 0. The second-order valence-electron chi connectivity index (χ2n) is 9.10. The molecule has 0 aliphatic heterocycles. The van der Waals surface area contributed by atoms with Crippen LogP contribution in [0, 0.1) is 35.0 Å². The number of aliphatic hydroxyl groups is 1. The maximum Gasteiger partial charge on any atom is 0.133 e. The summed E-state index contributed by atoms with van der Waals surface area (Å²) in [6, 6.07) is 0. The van der Waals surface area contributed by atoms with Gasteiger partial charge in [-0.2, -0.15) is 0 Å². The lowest BCUT2D eigenvalue weighted by atomic mass is 9.49. The topological polar surface area (TPSA) is 37.3 Å². The fourth-order valence-corrected chi connectivity index (χ4v) is 7.35. The second-order valence-corrected chi connectivity index (χ2v) is 9.10. The van der Waals surface area contributed by atoms with Crippen molar-refractivity contribution in [1.29, 1.82) is 0 Å². The van der Waals surface area contributed by atoms with Gasteiger partial charge in [0.2, 0.25) is 0 Å². The van der Waals surface area contributed by atoms with Crippen molar-refractivity contribution in [2.24, 2.45) is 35.0 Å². The van der Waals surface area contributed by atoms with Crippen LogP contribution >= 0.6 is 0 Å². The van der Waals surface area contributed by atoms with Gasteiger partial charge in [0.05, 0.1) is 5.60 Å². The van der Waals surface area contributed by atoms with E-state index < -0.39 is 5.60 Å². The highest BCUT2D eigenvalue weighted by molar-refractivity contribution is 5.79. The summed E-state index contributed by atoms with van der Waals surface area (Å²) in [5.41, 5.74) is -0.262. The Morgan fingerprint density at radius 1 is 1.05 bits per heavy atom. The normalized spacial score (nSPS) is 54.5. The first kappa shape index (κ1) is 15.2. The average molecular weight is 304 g/mol. The highest BCUT2D eigenvalue weighted by atomic mass is 16.3. The molecule has 7 atom stereocenters. The largest absolute Gasteiger partial charge is 0.389 e. The van der Waals surface area contributed by atoms with Gasteiger partial charge in [0, 0.05) is 12.8 Å². The van der Waals surface area contributed by atoms with Gasteiger partial charge < -0.3 is 5.11 Å². The summed E-state index contributed by atoms with van der Waals surface area (Å²) in [5.74, 6) is 4.43. The lowest BCUT2D eigenvalue weighted by Gasteiger charge is -2.57. The summed E-state index contributed by atoms with van der Waals surface area (Å²) < 4.78 is 0. The Morgan fingerprint density at radius 2 is 1.86 bits per heavy atom. The average Bonchev–Trinajstić information content (AvgIpc) is 2.79. The monoisotopic (exact) mass is 304 g/mol. The van der Waals surface area contributed by atoms with E-state index in [1.54, 1.807) is 0 Å². The van der Waals surface area contributed by atoms with Crippen LogP contribution in [0.25, 0.3) is 0 Å².